The first kappa shape index (κ1) is 23.9. The highest BCUT2D eigenvalue weighted by Crippen LogP contribution is 2.29. The molecular weight excluding hydrogens is 438 g/mol. The summed E-state index contributed by atoms with van der Waals surface area (Å²) in [6.45, 7) is 3.46. The second-order valence-electron chi connectivity index (χ2n) is 7.75. The standard InChI is InChI=1S/C21H31N3O5S2/c1-3-29-17-6-8-18(9-7-17)31(27,28)24-13-11-23(12-14-24)21(26)19(10-15-30-2)22-20(25)16-4-5-16/h6-9,16,19H,3-5,10-15H2,1-2H3,(H,22,25). The summed E-state index contributed by atoms with van der Waals surface area (Å²) in [6.07, 6.45) is 4.31. The monoisotopic (exact) mass is 469 g/mol. The van der Waals surface area contributed by atoms with Crippen molar-refractivity contribution in [3.05, 3.63) is 24.3 Å². The van der Waals surface area contributed by atoms with Crippen LogP contribution in [0.5, 0.6) is 5.75 Å². The lowest BCUT2D eigenvalue weighted by Crippen LogP contribution is -2.56. The summed E-state index contributed by atoms with van der Waals surface area (Å²) in [5, 5.41) is 2.91. The van der Waals surface area contributed by atoms with Gasteiger partial charge in [-0.05, 0) is 62.5 Å². The molecule has 1 N–H and O–H groups in total. The Morgan fingerprint density at radius 2 is 1.81 bits per heavy atom. The zero-order valence-electron chi connectivity index (χ0n) is 18.1. The SMILES string of the molecule is CCOc1ccc(S(=O)(=O)N2CCN(C(=O)C(CCSC)NC(=O)C3CC3)CC2)cc1. The van der Waals surface area contributed by atoms with Crippen LogP contribution in [-0.2, 0) is 19.6 Å². The summed E-state index contributed by atoms with van der Waals surface area (Å²) < 4.78 is 32.7. The third-order valence-electron chi connectivity index (χ3n) is 5.50. The number of carbonyl (C=O) groups is 2. The maximum Gasteiger partial charge on any atom is 0.245 e. The van der Waals surface area contributed by atoms with Crippen molar-refractivity contribution in [2.24, 2.45) is 5.92 Å². The predicted octanol–water partition coefficient (Wildman–Crippen LogP) is 1.57. The lowest BCUT2D eigenvalue weighted by molar-refractivity contribution is -0.137. The number of hydrogen-bond donors (Lipinski definition) is 1. The van der Waals surface area contributed by atoms with Crippen molar-refractivity contribution in [1.82, 2.24) is 14.5 Å². The molecule has 10 heteroatoms. The molecule has 1 aliphatic carbocycles. The molecule has 1 aliphatic heterocycles. The zero-order chi connectivity index (χ0) is 22.4. The van der Waals surface area contributed by atoms with Gasteiger partial charge in [0.05, 0.1) is 11.5 Å². The van der Waals surface area contributed by atoms with E-state index in [1.807, 2.05) is 13.2 Å². The maximum absolute atomic E-state index is 13.0. The molecule has 2 amide bonds. The minimum absolute atomic E-state index is 0.0423. The smallest absolute Gasteiger partial charge is 0.245 e. The number of thioether (sulfide) groups is 1. The number of nitrogens with one attached hydrogen (secondary N) is 1. The second kappa shape index (κ2) is 10.7. The number of hydrogen-bond acceptors (Lipinski definition) is 6. The Morgan fingerprint density at radius 1 is 1.16 bits per heavy atom. The molecular formula is C21H31N3O5S2. The van der Waals surface area contributed by atoms with Crippen molar-refractivity contribution in [1.29, 1.82) is 0 Å². The fourth-order valence-corrected chi connectivity index (χ4v) is 5.41. The summed E-state index contributed by atoms with van der Waals surface area (Å²) in [5.74, 6) is 1.27. The van der Waals surface area contributed by atoms with Gasteiger partial charge in [-0.25, -0.2) is 8.42 Å². The summed E-state index contributed by atoms with van der Waals surface area (Å²) in [4.78, 5) is 27.1. The molecule has 31 heavy (non-hydrogen) atoms. The van der Waals surface area contributed by atoms with Gasteiger partial charge in [-0.1, -0.05) is 0 Å². The number of benzene rings is 1. The van der Waals surface area contributed by atoms with E-state index in [4.69, 9.17) is 4.74 Å². The zero-order valence-corrected chi connectivity index (χ0v) is 19.7. The van der Waals surface area contributed by atoms with Crippen molar-refractivity contribution >= 4 is 33.6 Å². The fourth-order valence-electron chi connectivity index (χ4n) is 3.52. The molecule has 0 aromatic heterocycles. The predicted molar refractivity (Wildman–Crippen MR) is 121 cm³/mol. The summed E-state index contributed by atoms with van der Waals surface area (Å²) in [6, 6.07) is 5.84. The first-order valence-corrected chi connectivity index (χ1v) is 13.5. The molecule has 172 valence electrons. The van der Waals surface area contributed by atoms with Crippen LogP contribution in [0.15, 0.2) is 29.2 Å². The van der Waals surface area contributed by atoms with Gasteiger partial charge in [0.1, 0.15) is 11.8 Å². The molecule has 1 saturated carbocycles. The molecule has 0 radical (unpaired) electrons. The largest absolute Gasteiger partial charge is 0.494 e. The molecule has 3 rings (SSSR count). The van der Waals surface area contributed by atoms with Gasteiger partial charge in [0, 0.05) is 32.1 Å². The Kier molecular flexibility index (Phi) is 8.23. The fraction of sp³-hybridized carbons (Fsp3) is 0.619. The molecule has 1 atom stereocenters. The maximum atomic E-state index is 13.0. The van der Waals surface area contributed by atoms with Crippen molar-refractivity contribution in [2.45, 2.75) is 37.1 Å². The topological polar surface area (TPSA) is 96.0 Å². The van der Waals surface area contributed by atoms with E-state index in [2.05, 4.69) is 5.32 Å². The molecule has 0 spiro atoms. The van der Waals surface area contributed by atoms with Gasteiger partial charge in [0.2, 0.25) is 21.8 Å². The number of nitrogens with zero attached hydrogens (tertiary/aromatic N) is 2. The van der Waals surface area contributed by atoms with Gasteiger partial charge in [-0.2, -0.15) is 16.1 Å². The van der Waals surface area contributed by atoms with Crippen molar-refractivity contribution < 1.29 is 22.7 Å². The first-order valence-electron chi connectivity index (χ1n) is 10.7. The molecule has 2 aliphatic rings. The minimum Gasteiger partial charge on any atom is -0.494 e. The van der Waals surface area contributed by atoms with Crippen molar-refractivity contribution in [3.63, 3.8) is 0 Å². The number of piperazine rings is 1. The van der Waals surface area contributed by atoms with E-state index in [9.17, 15) is 18.0 Å². The normalized spacial score (nSPS) is 18.5. The van der Waals surface area contributed by atoms with E-state index >= 15 is 0 Å². The molecule has 1 aromatic carbocycles. The molecule has 1 aromatic rings. The van der Waals surface area contributed by atoms with E-state index in [1.165, 1.54) is 4.31 Å². The van der Waals surface area contributed by atoms with E-state index < -0.39 is 16.1 Å². The average molecular weight is 470 g/mol. The molecule has 8 nitrogen and oxygen atoms in total. The van der Waals surface area contributed by atoms with Crippen LogP contribution in [0.3, 0.4) is 0 Å². The Morgan fingerprint density at radius 3 is 2.35 bits per heavy atom. The molecule has 1 unspecified atom stereocenters. The van der Waals surface area contributed by atoms with Crippen LogP contribution < -0.4 is 10.1 Å². The van der Waals surface area contributed by atoms with Crippen LogP contribution in [0.4, 0.5) is 0 Å². The molecule has 1 saturated heterocycles. The third kappa shape index (κ3) is 6.14. The molecule has 2 fully saturated rings. The highest BCUT2D eigenvalue weighted by molar-refractivity contribution is 7.98. The van der Waals surface area contributed by atoms with Gasteiger partial charge in [0.25, 0.3) is 0 Å². The lowest BCUT2D eigenvalue weighted by Gasteiger charge is -2.36. The van der Waals surface area contributed by atoms with E-state index in [0.29, 0.717) is 31.9 Å². The number of sulfonamides is 1. The van der Waals surface area contributed by atoms with E-state index in [-0.39, 0.29) is 35.7 Å². The van der Waals surface area contributed by atoms with Crippen LogP contribution in [0.2, 0.25) is 0 Å². The number of ether oxygens (including phenoxy) is 1. The van der Waals surface area contributed by atoms with E-state index in [0.717, 1.165) is 18.6 Å². The van der Waals surface area contributed by atoms with Crippen LogP contribution in [0, 0.1) is 5.92 Å². The van der Waals surface area contributed by atoms with Gasteiger partial charge in [-0.3, -0.25) is 9.59 Å². The summed E-state index contributed by atoms with van der Waals surface area (Å²) in [5.41, 5.74) is 0. The molecule has 1 heterocycles. The summed E-state index contributed by atoms with van der Waals surface area (Å²) in [7, 11) is -3.63. The van der Waals surface area contributed by atoms with Crippen LogP contribution in [-0.4, -0.2) is 80.3 Å². The Bertz CT molecular complexity index is 864. The van der Waals surface area contributed by atoms with Gasteiger partial charge >= 0.3 is 0 Å². The lowest BCUT2D eigenvalue weighted by atomic mass is 10.1. The highest BCUT2D eigenvalue weighted by atomic mass is 32.2. The molecule has 0 bridgehead atoms. The van der Waals surface area contributed by atoms with Crippen LogP contribution in [0.25, 0.3) is 0 Å². The number of rotatable bonds is 10. The number of amides is 2. The van der Waals surface area contributed by atoms with Crippen LogP contribution in [0.1, 0.15) is 26.2 Å². The van der Waals surface area contributed by atoms with Gasteiger partial charge in [0.15, 0.2) is 0 Å². The van der Waals surface area contributed by atoms with Gasteiger partial charge in [-0.15, -0.1) is 0 Å². The highest BCUT2D eigenvalue weighted by Gasteiger charge is 2.36. The quantitative estimate of drug-likeness (QED) is 0.559. The Hall–Kier alpha value is -1.78. The second-order valence-corrected chi connectivity index (χ2v) is 10.7. The Labute approximate surface area is 188 Å². The third-order valence-corrected chi connectivity index (χ3v) is 8.05. The first-order chi connectivity index (χ1) is 14.9. The van der Waals surface area contributed by atoms with Crippen molar-refractivity contribution in [3.8, 4) is 5.75 Å². The average Bonchev–Trinajstić information content (AvgIpc) is 3.62. The van der Waals surface area contributed by atoms with Crippen LogP contribution >= 0.6 is 11.8 Å². The van der Waals surface area contributed by atoms with Gasteiger partial charge < -0.3 is 15.0 Å². The Balaban J connectivity index is 1.59. The van der Waals surface area contributed by atoms with E-state index in [1.54, 1.807) is 40.9 Å². The minimum atomic E-state index is -3.63. The van der Waals surface area contributed by atoms with Crippen molar-refractivity contribution in [2.75, 3.05) is 44.8 Å². The number of carbonyl (C=O) groups excluding carboxylic acids is 2. The summed E-state index contributed by atoms with van der Waals surface area (Å²) >= 11 is 1.63.